The molecule has 1 aromatic heterocycles. The van der Waals surface area contributed by atoms with E-state index in [2.05, 4.69) is 6.07 Å². The van der Waals surface area contributed by atoms with E-state index < -0.39 is 0 Å². The topological polar surface area (TPSA) is 44.5 Å². The molecule has 0 saturated carbocycles. The molecule has 0 aliphatic carbocycles. The summed E-state index contributed by atoms with van der Waals surface area (Å²) >= 11 is 7.68. The third-order valence-corrected chi connectivity index (χ3v) is 5.11. The molecule has 25 heavy (non-hydrogen) atoms. The Morgan fingerprint density at radius 1 is 1.04 bits per heavy atom. The maximum Gasteiger partial charge on any atom is 0.161 e. The van der Waals surface area contributed by atoms with Crippen LogP contribution >= 0.6 is 22.9 Å². The number of hydrogen-bond donors (Lipinski definition) is 1. The van der Waals surface area contributed by atoms with Gasteiger partial charge in [0.05, 0.1) is 7.11 Å². The van der Waals surface area contributed by atoms with Crippen LogP contribution < -0.4 is 15.2 Å². The highest BCUT2D eigenvalue weighted by Gasteiger charge is 2.11. The minimum absolute atomic E-state index is 0.0112. The fourth-order valence-corrected chi connectivity index (χ4v) is 3.55. The number of methoxy groups -OCH3 is 1. The molecule has 0 bridgehead atoms. The standard InChI is InChI=1S/C20H20ClNO2S/c1-23-19-12-14(11-17(22)20-6-3-9-25-20)7-8-18(19)24-13-15-4-2-5-16(21)10-15/h2-10,12,17H,11,13,22H2,1H3. The number of rotatable bonds is 7. The molecule has 0 saturated heterocycles. The lowest BCUT2D eigenvalue weighted by Gasteiger charge is -2.14. The molecular weight excluding hydrogens is 354 g/mol. The van der Waals surface area contributed by atoms with Crippen molar-refractivity contribution in [3.63, 3.8) is 0 Å². The third-order valence-electron chi connectivity index (χ3n) is 3.88. The van der Waals surface area contributed by atoms with Crippen LogP contribution in [0.3, 0.4) is 0 Å². The highest BCUT2D eigenvalue weighted by molar-refractivity contribution is 7.10. The van der Waals surface area contributed by atoms with E-state index in [9.17, 15) is 0 Å². The number of halogens is 1. The summed E-state index contributed by atoms with van der Waals surface area (Å²) in [6, 6.07) is 17.6. The molecule has 3 nitrogen and oxygen atoms in total. The molecule has 2 N–H and O–H groups in total. The summed E-state index contributed by atoms with van der Waals surface area (Å²) in [5.41, 5.74) is 8.41. The lowest BCUT2D eigenvalue weighted by Crippen LogP contribution is -2.11. The molecule has 0 spiro atoms. The van der Waals surface area contributed by atoms with E-state index in [0.29, 0.717) is 23.1 Å². The fraction of sp³-hybridized carbons (Fsp3) is 0.200. The molecule has 1 unspecified atom stereocenters. The normalized spacial score (nSPS) is 12.0. The summed E-state index contributed by atoms with van der Waals surface area (Å²) in [4.78, 5) is 1.18. The first-order chi connectivity index (χ1) is 12.2. The van der Waals surface area contributed by atoms with E-state index in [-0.39, 0.29) is 6.04 Å². The highest BCUT2D eigenvalue weighted by Crippen LogP contribution is 2.31. The van der Waals surface area contributed by atoms with Crippen LogP contribution in [0.1, 0.15) is 22.0 Å². The van der Waals surface area contributed by atoms with Gasteiger partial charge in [-0.1, -0.05) is 35.9 Å². The Kier molecular flexibility index (Phi) is 5.97. The van der Waals surface area contributed by atoms with Crippen molar-refractivity contribution in [2.45, 2.75) is 19.1 Å². The Morgan fingerprint density at radius 2 is 1.92 bits per heavy atom. The summed E-state index contributed by atoms with van der Waals surface area (Å²) in [5, 5.41) is 2.74. The fourth-order valence-electron chi connectivity index (χ4n) is 2.60. The van der Waals surface area contributed by atoms with Crippen molar-refractivity contribution in [3.05, 3.63) is 81.0 Å². The van der Waals surface area contributed by atoms with Gasteiger partial charge in [0.25, 0.3) is 0 Å². The molecule has 0 aliphatic heterocycles. The number of thiophene rings is 1. The van der Waals surface area contributed by atoms with Crippen molar-refractivity contribution >= 4 is 22.9 Å². The quantitative estimate of drug-likeness (QED) is 0.616. The Balaban J connectivity index is 1.69. The van der Waals surface area contributed by atoms with Crippen LogP contribution in [0.25, 0.3) is 0 Å². The van der Waals surface area contributed by atoms with Crippen molar-refractivity contribution in [2.75, 3.05) is 7.11 Å². The zero-order valence-corrected chi connectivity index (χ0v) is 15.5. The van der Waals surface area contributed by atoms with Crippen LogP contribution in [0, 0.1) is 0 Å². The predicted octanol–water partition coefficient (Wildman–Crippen LogP) is 5.23. The third kappa shape index (κ3) is 4.75. The van der Waals surface area contributed by atoms with Crippen molar-refractivity contribution in [1.29, 1.82) is 0 Å². The van der Waals surface area contributed by atoms with Crippen LogP contribution in [0.5, 0.6) is 11.5 Å². The Hall–Kier alpha value is -2.01. The first kappa shape index (κ1) is 17.8. The van der Waals surface area contributed by atoms with Gasteiger partial charge in [-0.15, -0.1) is 11.3 Å². The molecule has 0 aliphatic rings. The Morgan fingerprint density at radius 3 is 2.64 bits per heavy atom. The van der Waals surface area contributed by atoms with E-state index >= 15 is 0 Å². The minimum Gasteiger partial charge on any atom is -0.493 e. The smallest absolute Gasteiger partial charge is 0.161 e. The first-order valence-corrected chi connectivity index (χ1v) is 9.24. The molecule has 1 heterocycles. The average Bonchev–Trinajstić information content (AvgIpc) is 3.15. The molecule has 0 amide bonds. The van der Waals surface area contributed by atoms with Crippen LogP contribution in [0.4, 0.5) is 0 Å². The van der Waals surface area contributed by atoms with Crippen LogP contribution in [-0.4, -0.2) is 7.11 Å². The molecule has 0 radical (unpaired) electrons. The van der Waals surface area contributed by atoms with Crippen molar-refractivity contribution in [3.8, 4) is 11.5 Å². The van der Waals surface area contributed by atoms with Gasteiger partial charge in [-0.05, 0) is 53.3 Å². The molecule has 0 fully saturated rings. The second-order valence-corrected chi connectivity index (χ2v) is 7.15. The first-order valence-electron chi connectivity index (χ1n) is 7.99. The van der Waals surface area contributed by atoms with E-state index in [1.54, 1.807) is 18.4 Å². The van der Waals surface area contributed by atoms with Gasteiger partial charge in [0.1, 0.15) is 6.61 Å². The number of nitrogens with two attached hydrogens (primary N) is 1. The highest BCUT2D eigenvalue weighted by atomic mass is 35.5. The van der Waals surface area contributed by atoms with Crippen molar-refractivity contribution in [1.82, 2.24) is 0 Å². The van der Waals surface area contributed by atoms with E-state index in [1.807, 2.05) is 53.9 Å². The summed E-state index contributed by atoms with van der Waals surface area (Å²) in [7, 11) is 1.64. The zero-order valence-electron chi connectivity index (χ0n) is 13.9. The van der Waals surface area contributed by atoms with Gasteiger partial charge in [0.2, 0.25) is 0 Å². The molecule has 1 atom stereocenters. The number of ether oxygens (including phenoxy) is 2. The second kappa shape index (κ2) is 8.39. The largest absolute Gasteiger partial charge is 0.493 e. The SMILES string of the molecule is COc1cc(CC(N)c2cccs2)ccc1OCc1cccc(Cl)c1. The van der Waals surface area contributed by atoms with E-state index in [1.165, 1.54) is 4.88 Å². The lowest BCUT2D eigenvalue weighted by molar-refractivity contribution is 0.284. The second-order valence-electron chi connectivity index (χ2n) is 5.73. The van der Waals surface area contributed by atoms with Crippen LogP contribution in [0.15, 0.2) is 60.0 Å². The van der Waals surface area contributed by atoms with Gasteiger partial charge in [-0.3, -0.25) is 0 Å². The maximum absolute atomic E-state index is 6.28. The monoisotopic (exact) mass is 373 g/mol. The summed E-state index contributed by atoms with van der Waals surface area (Å²) in [5.74, 6) is 1.41. The summed E-state index contributed by atoms with van der Waals surface area (Å²) in [6.07, 6.45) is 0.755. The maximum atomic E-state index is 6.28. The van der Waals surface area contributed by atoms with Gasteiger partial charge < -0.3 is 15.2 Å². The van der Waals surface area contributed by atoms with Gasteiger partial charge >= 0.3 is 0 Å². The van der Waals surface area contributed by atoms with Gasteiger partial charge in [-0.25, -0.2) is 0 Å². The van der Waals surface area contributed by atoms with Crippen LogP contribution in [0.2, 0.25) is 5.02 Å². The van der Waals surface area contributed by atoms with Crippen molar-refractivity contribution in [2.24, 2.45) is 5.73 Å². The predicted molar refractivity (Wildman–Crippen MR) is 104 cm³/mol. The summed E-state index contributed by atoms with van der Waals surface area (Å²) in [6.45, 7) is 0.435. The number of benzene rings is 2. The molecular formula is C20H20ClNO2S. The van der Waals surface area contributed by atoms with Crippen molar-refractivity contribution < 1.29 is 9.47 Å². The molecule has 2 aromatic carbocycles. The zero-order chi connectivity index (χ0) is 17.6. The van der Waals surface area contributed by atoms with Gasteiger partial charge in [0, 0.05) is 15.9 Å². The minimum atomic E-state index is -0.0112. The Bertz CT molecular complexity index is 820. The van der Waals surface area contributed by atoms with E-state index in [4.69, 9.17) is 26.8 Å². The lowest BCUT2D eigenvalue weighted by atomic mass is 10.0. The summed E-state index contributed by atoms with van der Waals surface area (Å²) < 4.78 is 11.4. The molecule has 130 valence electrons. The number of hydrogen-bond acceptors (Lipinski definition) is 4. The van der Waals surface area contributed by atoms with Gasteiger partial charge in [0.15, 0.2) is 11.5 Å². The molecule has 3 rings (SSSR count). The molecule has 5 heteroatoms. The molecule has 3 aromatic rings. The van der Waals surface area contributed by atoms with Crippen LogP contribution in [-0.2, 0) is 13.0 Å². The van der Waals surface area contributed by atoms with Gasteiger partial charge in [-0.2, -0.15) is 0 Å². The average molecular weight is 374 g/mol. The Labute approximate surface area is 157 Å². The van der Waals surface area contributed by atoms with E-state index in [0.717, 1.165) is 17.5 Å².